The Morgan fingerprint density at radius 1 is 1.22 bits per heavy atom. The average molecular weight is 249 g/mol. The normalized spacial score (nSPS) is 16.7. The second kappa shape index (κ2) is 5.87. The molecule has 1 aromatic rings. The minimum atomic E-state index is 0.335. The highest BCUT2D eigenvalue weighted by Gasteiger charge is 2.17. The Kier molecular flexibility index (Phi) is 4.20. The van der Waals surface area contributed by atoms with Crippen molar-refractivity contribution >= 4 is 5.78 Å². The quantitative estimate of drug-likeness (QED) is 0.816. The average Bonchev–Trinajstić information content (AvgIpc) is 2.38. The second-order valence-corrected chi connectivity index (χ2v) is 4.54. The van der Waals surface area contributed by atoms with Gasteiger partial charge in [0.1, 0.15) is 5.78 Å². The Hall–Kier alpha value is -1.55. The summed E-state index contributed by atoms with van der Waals surface area (Å²) >= 11 is 0. The Bertz CT molecular complexity index is 431. The number of hydrogen-bond donors (Lipinski definition) is 0. The minimum absolute atomic E-state index is 0.335. The summed E-state index contributed by atoms with van der Waals surface area (Å²) in [6, 6.07) is 5.89. The summed E-state index contributed by atoms with van der Waals surface area (Å²) in [7, 11) is 3.26. The number of hydrogen-bond acceptors (Lipinski definition) is 4. The Morgan fingerprint density at radius 3 is 2.67 bits per heavy atom. The van der Waals surface area contributed by atoms with Gasteiger partial charge in [0.05, 0.1) is 20.8 Å². The standard InChI is InChI=1S/C14H19NO3/c1-17-13-6-5-11(8-14(13)18-2)9-15-7-3-4-12(16)10-15/h5-6,8H,3-4,7,9-10H2,1-2H3. The molecular weight excluding hydrogens is 230 g/mol. The zero-order valence-corrected chi connectivity index (χ0v) is 10.9. The second-order valence-electron chi connectivity index (χ2n) is 4.54. The van der Waals surface area contributed by atoms with Crippen LogP contribution in [-0.2, 0) is 11.3 Å². The van der Waals surface area contributed by atoms with E-state index in [0.29, 0.717) is 12.3 Å². The third-order valence-corrected chi connectivity index (χ3v) is 3.18. The molecular formula is C14H19NO3. The molecule has 1 aromatic carbocycles. The molecule has 1 aliphatic heterocycles. The molecule has 0 spiro atoms. The van der Waals surface area contributed by atoms with E-state index in [1.165, 1.54) is 0 Å². The number of ketones is 1. The third-order valence-electron chi connectivity index (χ3n) is 3.18. The van der Waals surface area contributed by atoms with E-state index in [9.17, 15) is 4.79 Å². The highest BCUT2D eigenvalue weighted by atomic mass is 16.5. The van der Waals surface area contributed by atoms with Crippen molar-refractivity contribution in [1.82, 2.24) is 4.90 Å². The van der Waals surface area contributed by atoms with Crippen LogP contribution in [0.15, 0.2) is 18.2 Å². The van der Waals surface area contributed by atoms with E-state index < -0.39 is 0 Å². The van der Waals surface area contributed by atoms with Gasteiger partial charge in [-0.3, -0.25) is 9.69 Å². The molecule has 0 atom stereocenters. The molecule has 0 radical (unpaired) electrons. The topological polar surface area (TPSA) is 38.8 Å². The van der Waals surface area contributed by atoms with Crippen LogP contribution in [-0.4, -0.2) is 38.0 Å². The van der Waals surface area contributed by atoms with Crippen LogP contribution >= 0.6 is 0 Å². The minimum Gasteiger partial charge on any atom is -0.493 e. The van der Waals surface area contributed by atoms with Crippen LogP contribution in [0.1, 0.15) is 18.4 Å². The molecule has 4 heteroatoms. The number of benzene rings is 1. The Morgan fingerprint density at radius 2 is 2.00 bits per heavy atom. The summed E-state index contributed by atoms with van der Waals surface area (Å²) in [6.45, 7) is 2.33. The van der Waals surface area contributed by atoms with Crippen molar-refractivity contribution < 1.29 is 14.3 Å². The maximum absolute atomic E-state index is 11.4. The summed E-state index contributed by atoms with van der Waals surface area (Å²) in [5.41, 5.74) is 1.14. The van der Waals surface area contributed by atoms with E-state index in [2.05, 4.69) is 4.90 Å². The molecule has 0 N–H and O–H groups in total. The fraction of sp³-hybridized carbons (Fsp3) is 0.500. The van der Waals surface area contributed by atoms with Crippen LogP contribution in [0, 0.1) is 0 Å². The summed E-state index contributed by atoms with van der Waals surface area (Å²) in [6.07, 6.45) is 1.69. The van der Waals surface area contributed by atoms with E-state index in [0.717, 1.165) is 43.0 Å². The molecule has 1 heterocycles. The summed E-state index contributed by atoms with van der Waals surface area (Å²) < 4.78 is 10.5. The van der Waals surface area contributed by atoms with Crippen LogP contribution < -0.4 is 9.47 Å². The molecule has 18 heavy (non-hydrogen) atoms. The number of carbonyl (C=O) groups excluding carboxylic acids is 1. The number of methoxy groups -OCH3 is 2. The van der Waals surface area contributed by atoms with Crippen LogP contribution in [0.5, 0.6) is 11.5 Å². The van der Waals surface area contributed by atoms with Crippen molar-refractivity contribution in [1.29, 1.82) is 0 Å². The van der Waals surface area contributed by atoms with Gasteiger partial charge in [-0.15, -0.1) is 0 Å². The van der Waals surface area contributed by atoms with Crippen molar-refractivity contribution in [3.63, 3.8) is 0 Å². The first kappa shape index (κ1) is 12.9. The molecule has 1 aliphatic rings. The lowest BCUT2D eigenvalue weighted by atomic mass is 10.1. The van der Waals surface area contributed by atoms with Gasteiger partial charge in [-0.1, -0.05) is 6.07 Å². The van der Waals surface area contributed by atoms with Crippen LogP contribution in [0.25, 0.3) is 0 Å². The lowest BCUT2D eigenvalue weighted by molar-refractivity contribution is -0.122. The highest BCUT2D eigenvalue weighted by Crippen LogP contribution is 2.28. The molecule has 2 rings (SSSR count). The van der Waals surface area contributed by atoms with Gasteiger partial charge in [-0.05, 0) is 30.7 Å². The van der Waals surface area contributed by atoms with E-state index in [4.69, 9.17) is 9.47 Å². The van der Waals surface area contributed by atoms with Crippen molar-refractivity contribution in [2.45, 2.75) is 19.4 Å². The monoisotopic (exact) mass is 249 g/mol. The number of likely N-dealkylation sites (tertiary alicyclic amines) is 1. The maximum atomic E-state index is 11.4. The SMILES string of the molecule is COc1ccc(CN2CCCC(=O)C2)cc1OC. The third kappa shape index (κ3) is 3.01. The first-order valence-electron chi connectivity index (χ1n) is 6.18. The molecule has 1 fully saturated rings. The van der Waals surface area contributed by atoms with Gasteiger partial charge >= 0.3 is 0 Å². The highest BCUT2D eigenvalue weighted by molar-refractivity contribution is 5.81. The number of ether oxygens (including phenoxy) is 2. The van der Waals surface area contributed by atoms with Crippen molar-refractivity contribution in [2.24, 2.45) is 0 Å². The summed E-state index contributed by atoms with van der Waals surface area (Å²) in [5.74, 6) is 1.80. The smallest absolute Gasteiger partial charge is 0.161 e. The van der Waals surface area contributed by atoms with E-state index in [-0.39, 0.29) is 0 Å². The molecule has 98 valence electrons. The summed E-state index contributed by atoms with van der Waals surface area (Å²) in [4.78, 5) is 13.6. The van der Waals surface area contributed by atoms with Gasteiger partial charge in [0.2, 0.25) is 0 Å². The lowest BCUT2D eigenvalue weighted by Crippen LogP contribution is -2.34. The van der Waals surface area contributed by atoms with Gasteiger partial charge in [-0.25, -0.2) is 0 Å². The first-order chi connectivity index (χ1) is 8.72. The fourth-order valence-electron chi connectivity index (χ4n) is 2.28. The molecule has 0 unspecified atom stereocenters. The lowest BCUT2D eigenvalue weighted by Gasteiger charge is -2.25. The molecule has 4 nitrogen and oxygen atoms in total. The summed E-state index contributed by atoms with van der Waals surface area (Å²) in [5, 5.41) is 0. The zero-order chi connectivity index (χ0) is 13.0. The molecule has 0 saturated carbocycles. The molecule has 1 saturated heterocycles. The van der Waals surface area contributed by atoms with Crippen LogP contribution in [0.2, 0.25) is 0 Å². The number of carbonyl (C=O) groups is 1. The van der Waals surface area contributed by atoms with Crippen molar-refractivity contribution in [3.8, 4) is 11.5 Å². The Labute approximate surface area is 107 Å². The van der Waals surface area contributed by atoms with Crippen LogP contribution in [0.3, 0.4) is 0 Å². The predicted molar refractivity (Wildman–Crippen MR) is 69.1 cm³/mol. The molecule has 0 aliphatic carbocycles. The van der Waals surface area contributed by atoms with Gasteiger partial charge in [0.15, 0.2) is 11.5 Å². The zero-order valence-electron chi connectivity index (χ0n) is 10.9. The fourth-order valence-corrected chi connectivity index (χ4v) is 2.28. The van der Waals surface area contributed by atoms with Gasteiger partial charge < -0.3 is 9.47 Å². The predicted octanol–water partition coefficient (Wildman–Crippen LogP) is 1.87. The first-order valence-corrected chi connectivity index (χ1v) is 6.18. The van der Waals surface area contributed by atoms with Crippen molar-refractivity contribution in [3.05, 3.63) is 23.8 Å². The Balaban J connectivity index is 2.07. The largest absolute Gasteiger partial charge is 0.493 e. The van der Waals surface area contributed by atoms with Gasteiger partial charge in [0, 0.05) is 13.0 Å². The van der Waals surface area contributed by atoms with E-state index in [1.54, 1.807) is 14.2 Å². The van der Waals surface area contributed by atoms with Gasteiger partial charge in [0.25, 0.3) is 0 Å². The molecule has 0 bridgehead atoms. The van der Waals surface area contributed by atoms with E-state index in [1.807, 2.05) is 18.2 Å². The van der Waals surface area contributed by atoms with Gasteiger partial charge in [-0.2, -0.15) is 0 Å². The van der Waals surface area contributed by atoms with E-state index >= 15 is 0 Å². The van der Waals surface area contributed by atoms with Crippen molar-refractivity contribution in [2.75, 3.05) is 27.3 Å². The van der Waals surface area contributed by atoms with Crippen LogP contribution in [0.4, 0.5) is 0 Å². The number of piperidine rings is 1. The number of Topliss-reactive ketones (excluding diaryl/α,β-unsaturated/α-hetero) is 1. The maximum Gasteiger partial charge on any atom is 0.161 e. The molecule has 0 amide bonds. The molecule has 0 aromatic heterocycles. The number of nitrogens with zero attached hydrogens (tertiary/aromatic N) is 1. The number of rotatable bonds is 4.